The van der Waals surface area contributed by atoms with E-state index in [1.165, 1.54) is 22.1 Å². The third-order valence-corrected chi connectivity index (χ3v) is 6.17. The summed E-state index contributed by atoms with van der Waals surface area (Å²) in [6.45, 7) is 3.64. The number of nitrogens with one attached hydrogen (secondary N) is 1. The van der Waals surface area contributed by atoms with Crippen molar-refractivity contribution in [2.75, 3.05) is 25.9 Å². The second-order valence-electron chi connectivity index (χ2n) is 4.51. The molecule has 0 aliphatic carbocycles. The first-order valence-corrected chi connectivity index (χ1v) is 9.06. The minimum atomic E-state index is -3.44. The van der Waals surface area contributed by atoms with E-state index in [-0.39, 0.29) is 10.9 Å². The van der Waals surface area contributed by atoms with Gasteiger partial charge in [-0.2, -0.15) is 4.31 Å². The lowest BCUT2D eigenvalue weighted by Gasteiger charge is -2.31. The first-order valence-electron chi connectivity index (χ1n) is 6.02. The lowest BCUT2D eigenvalue weighted by molar-refractivity contribution is 0.310. The van der Waals surface area contributed by atoms with Gasteiger partial charge in [0, 0.05) is 30.6 Å². The molecule has 7 heteroatoms. The second-order valence-corrected chi connectivity index (χ2v) is 7.71. The normalized spacial score (nSPS) is 21.5. The molecular formula is C12H17ClN2O2S2. The maximum atomic E-state index is 12.5. The van der Waals surface area contributed by atoms with Crippen molar-refractivity contribution in [3.63, 3.8) is 0 Å². The van der Waals surface area contributed by atoms with Gasteiger partial charge in [0.2, 0.25) is 10.0 Å². The first kappa shape index (κ1) is 15.1. The Balaban J connectivity index is 2.31. The van der Waals surface area contributed by atoms with E-state index in [4.69, 9.17) is 11.6 Å². The second kappa shape index (κ2) is 6.01. The minimum Gasteiger partial charge on any atom is -0.312 e. The molecule has 2 rings (SSSR count). The zero-order chi connectivity index (χ0) is 14.0. The third-order valence-electron chi connectivity index (χ3n) is 3.09. The van der Waals surface area contributed by atoms with E-state index >= 15 is 0 Å². The topological polar surface area (TPSA) is 49.4 Å². The van der Waals surface area contributed by atoms with E-state index in [1.54, 1.807) is 12.1 Å². The van der Waals surface area contributed by atoms with E-state index in [0.717, 1.165) is 4.90 Å². The lowest BCUT2D eigenvalue weighted by Crippen LogP contribution is -2.51. The van der Waals surface area contributed by atoms with Crippen LogP contribution in [0, 0.1) is 0 Å². The summed E-state index contributed by atoms with van der Waals surface area (Å²) in [7, 11) is -3.44. The van der Waals surface area contributed by atoms with Crippen molar-refractivity contribution in [2.45, 2.75) is 22.8 Å². The van der Waals surface area contributed by atoms with Crippen LogP contribution in [0.1, 0.15) is 6.92 Å². The number of benzene rings is 1. The Morgan fingerprint density at radius 2 is 2.21 bits per heavy atom. The SMILES string of the molecule is CSc1ccc(S(=O)(=O)N2CCNC(C)C2)cc1Cl. The fourth-order valence-electron chi connectivity index (χ4n) is 2.07. The molecule has 0 amide bonds. The van der Waals surface area contributed by atoms with Crippen molar-refractivity contribution in [2.24, 2.45) is 0 Å². The van der Waals surface area contributed by atoms with E-state index in [1.807, 2.05) is 13.2 Å². The molecule has 1 aromatic rings. The Bertz CT molecular complexity index is 563. The predicted molar refractivity (Wildman–Crippen MR) is 79.5 cm³/mol. The van der Waals surface area contributed by atoms with Gasteiger partial charge in [-0.25, -0.2) is 8.42 Å². The zero-order valence-electron chi connectivity index (χ0n) is 10.9. The van der Waals surface area contributed by atoms with Gasteiger partial charge in [0.05, 0.1) is 9.92 Å². The maximum Gasteiger partial charge on any atom is 0.243 e. The van der Waals surface area contributed by atoms with Gasteiger partial charge >= 0.3 is 0 Å². The quantitative estimate of drug-likeness (QED) is 0.866. The van der Waals surface area contributed by atoms with Gasteiger partial charge in [0.1, 0.15) is 0 Å². The Kier molecular flexibility index (Phi) is 4.79. The van der Waals surface area contributed by atoms with Gasteiger partial charge in [-0.05, 0) is 31.4 Å². The molecule has 1 aromatic carbocycles. The van der Waals surface area contributed by atoms with Crippen LogP contribution in [-0.2, 0) is 10.0 Å². The first-order chi connectivity index (χ1) is 8.95. The zero-order valence-corrected chi connectivity index (χ0v) is 13.3. The summed E-state index contributed by atoms with van der Waals surface area (Å²) < 4.78 is 26.5. The van der Waals surface area contributed by atoms with E-state index in [2.05, 4.69) is 5.32 Å². The monoisotopic (exact) mass is 320 g/mol. The Labute approximate surface area is 123 Å². The average Bonchev–Trinajstić information content (AvgIpc) is 2.38. The van der Waals surface area contributed by atoms with Crippen molar-refractivity contribution in [3.05, 3.63) is 23.2 Å². The highest BCUT2D eigenvalue weighted by molar-refractivity contribution is 7.98. The van der Waals surface area contributed by atoms with Crippen LogP contribution < -0.4 is 5.32 Å². The summed E-state index contributed by atoms with van der Waals surface area (Å²) in [6.07, 6.45) is 1.91. The average molecular weight is 321 g/mol. The minimum absolute atomic E-state index is 0.171. The predicted octanol–water partition coefficient (Wildman–Crippen LogP) is 2.04. The van der Waals surface area contributed by atoms with Crippen LogP contribution in [0.15, 0.2) is 28.0 Å². The Hall–Kier alpha value is -0.270. The van der Waals surface area contributed by atoms with E-state index in [0.29, 0.717) is 24.7 Å². The fraction of sp³-hybridized carbons (Fsp3) is 0.500. The number of hydrogen-bond donors (Lipinski definition) is 1. The number of piperazine rings is 1. The summed E-state index contributed by atoms with van der Waals surface area (Å²) in [5, 5.41) is 3.71. The number of nitrogens with zero attached hydrogens (tertiary/aromatic N) is 1. The van der Waals surface area contributed by atoms with Crippen molar-refractivity contribution < 1.29 is 8.42 Å². The summed E-state index contributed by atoms with van der Waals surface area (Å²) in [4.78, 5) is 1.15. The Morgan fingerprint density at radius 1 is 1.47 bits per heavy atom. The molecule has 1 aliphatic heterocycles. The highest BCUT2D eigenvalue weighted by Crippen LogP contribution is 2.29. The molecule has 1 aliphatic rings. The van der Waals surface area contributed by atoms with Gasteiger partial charge in [-0.15, -0.1) is 11.8 Å². The van der Waals surface area contributed by atoms with E-state index in [9.17, 15) is 8.42 Å². The number of hydrogen-bond acceptors (Lipinski definition) is 4. The van der Waals surface area contributed by atoms with Crippen LogP contribution in [0.25, 0.3) is 0 Å². The molecule has 1 atom stereocenters. The molecule has 1 heterocycles. The van der Waals surface area contributed by atoms with Crippen LogP contribution in [-0.4, -0.2) is 44.7 Å². The largest absolute Gasteiger partial charge is 0.312 e. The number of thioether (sulfide) groups is 1. The Morgan fingerprint density at radius 3 is 2.79 bits per heavy atom. The molecule has 4 nitrogen and oxygen atoms in total. The fourth-order valence-corrected chi connectivity index (χ4v) is 4.56. The number of halogens is 1. The number of rotatable bonds is 3. The molecule has 1 unspecified atom stereocenters. The van der Waals surface area contributed by atoms with Crippen LogP contribution in [0.4, 0.5) is 0 Å². The molecule has 1 fully saturated rings. The van der Waals surface area contributed by atoms with Crippen LogP contribution in [0.2, 0.25) is 5.02 Å². The van der Waals surface area contributed by atoms with Crippen LogP contribution in [0.5, 0.6) is 0 Å². The van der Waals surface area contributed by atoms with Crippen LogP contribution in [0.3, 0.4) is 0 Å². The summed E-state index contributed by atoms with van der Waals surface area (Å²) in [6, 6.07) is 5.09. The smallest absolute Gasteiger partial charge is 0.243 e. The molecule has 106 valence electrons. The molecule has 0 aromatic heterocycles. The number of sulfonamides is 1. The molecule has 1 N–H and O–H groups in total. The van der Waals surface area contributed by atoms with Gasteiger partial charge in [0.25, 0.3) is 0 Å². The molecule has 19 heavy (non-hydrogen) atoms. The van der Waals surface area contributed by atoms with Gasteiger partial charge in [0.15, 0.2) is 0 Å². The highest BCUT2D eigenvalue weighted by Gasteiger charge is 2.28. The highest BCUT2D eigenvalue weighted by atomic mass is 35.5. The lowest BCUT2D eigenvalue weighted by atomic mass is 10.3. The molecule has 1 saturated heterocycles. The van der Waals surface area contributed by atoms with Crippen molar-refractivity contribution in [1.29, 1.82) is 0 Å². The molecule has 0 spiro atoms. The summed E-state index contributed by atoms with van der Waals surface area (Å²) >= 11 is 7.59. The van der Waals surface area contributed by atoms with Gasteiger partial charge in [-0.1, -0.05) is 11.6 Å². The molecule has 0 saturated carbocycles. The van der Waals surface area contributed by atoms with Crippen LogP contribution >= 0.6 is 23.4 Å². The standard InChI is InChI=1S/C12H17ClN2O2S2/c1-9-8-15(6-5-14-9)19(16,17)10-3-4-12(18-2)11(13)7-10/h3-4,7,9,14H,5-6,8H2,1-2H3. The molecule has 0 radical (unpaired) electrons. The maximum absolute atomic E-state index is 12.5. The van der Waals surface area contributed by atoms with Gasteiger partial charge in [-0.3, -0.25) is 0 Å². The third kappa shape index (κ3) is 3.25. The van der Waals surface area contributed by atoms with Crippen molar-refractivity contribution in [1.82, 2.24) is 9.62 Å². The van der Waals surface area contributed by atoms with Gasteiger partial charge < -0.3 is 5.32 Å². The van der Waals surface area contributed by atoms with E-state index < -0.39 is 10.0 Å². The molecule has 0 bridgehead atoms. The molecular weight excluding hydrogens is 304 g/mol. The summed E-state index contributed by atoms with van der Waals surface area (Å²) in [5.41, 5.74) is 0. The van der Waals surface area contributed by atoms with Crippen molar-refractivity contribution >= 4 is 33.4 Å². The summed E-state index contributed by atoms with van der Waals surface area (Å²) in [5.74, 6) is 0. The van der Waals surface area contributed by atoms with Crippen molar-refractivity contribution in [3.8, 4) is 0 Å².